The van der Waals surface area contributed by atoms with Crippen molar-refractivity contribution in [1.82, 2.24) is 19.5 Å². The van der Waals surface area contributed by atoms with E-state index in [-0.39, 0.29) is 16.3 Å². The summed E-state index contributed by atoms with van der Waals surface area (Å²) in [6, 6.07) is 8.82. The molecule has 3 heterocycles. The quantitative estimate of drug-likeness (QED) is 0.335. The number of aliphatic hydroxyl groups excluding tert-OH is 2. The molecule has 1 saturated heterocycles. The number of rotatable bonds is 10. The highest BCUT2D eigenvalue weighted by Gasteiger charge is 2.48. The van der Waals surface area contributed by atoms with Crippen molar-refractivity contribution in [2.45, 2.75) is 56.8 Å². The Hall–Kier alpha value is -2.18. The van der Waals surface area contributed by atoms with E-state index in [0.717, 1.165) is 11.5 Å². The maximum absolute atomic E-state index is 12.6. The maximum Gasteiger partial charge on any atom is 0.256 e. The second kappa shape index (κ2) is 11.9. The fourth-order valence-corrected chi connectivity index (χ4v) is 6.69. The molecule has 1 amide bonds. The molecule has 3 N–H and O–H groups in total. The third-order valence-electron chi connectivity index (χ3n) is 5.63. The van der Waals surface area contributed by atoms with Crippen molar-refractivity contribution in [2.75, 3.05) is 16.8 Å². The average Bonchev–Trinajstić information content (AvgIpc) is 3.41. The predicted molar refractivity (Wildman–Crippen MR) is 144 cm³/mol. The van der Waals surface area contributed by atoms with Gasteiger partial charge in [0.05, 0.1) is 10.9 Å². The number of anilines is 1. The third kappa shape index (κ3) is 6.03. The first-order valence-corrected chi connectivity index (χ1v) is 14.1. The van der Waals surface area contributed by atoms with Crippen molar-refractivity contribution in [2.24, 2.45) is 11.8 Å². The molecule has 0 unspecified atom stereocenters. The molecule has 0 radical (unpaired) electrons. The Morgan fingerprint density at radius 1 is 1.03 bits per heavy atom. The molecular weight excluding hydrogens is 498 g/mol. The van der Waals surface area contributed by atoms with Gasteiger partial charge in [-0.25, -0.2) is 15.0 Å². The highest BCUT2D eigenvalue weighted by Crippen LogP contribution is 2.41. The van der Waals surface area contributed by atoms with Gasteiger partial charge in [0.15, 0.2) is 23.2 Å². The summed E-state index contributed by atoms with van der Waals surface area (Å²) in [5.74, 6) is 2.79. The van der Waals surface area contributed by atoms with Crippen molar-refractivity contribution in [3.8, 4) is 0 Å². The summed E-state index contributed by atoms with van der Waals surface area (Å²) < 4.78 is 7.85. The van der Waals surface area contributed by atoms with Gasteiger partial charge >= 0.3 is 0 Å². The van der Waals surface area contributed by atoms with Crippen LogP contribution in [0.3, 0.4) is 0 Å². The molecule has 0 aliphatic carbocycles. The van der Waals surface area contributed by atoms with Crippen LogP contribution in [0, 0.1) is 11.8 Å². The van der Waals surface area contributed by atoms with Gasteiger partial charge in [-0.1, -0.05) is 45.9 Å². The van der Waals surface area contributed by atoms with E-state index in [2.05, 4.69) is 48.0 Å². The monoisotopic (exact) mass is 531 g/mol. The van der Waals surface area contributed by atoms with Crippen molar-refractivity contribution in [3.05, 3.63) is 48.5 Å². The Kier molecular flexibility index (Phi) is 8.89. The molecule has 11 heteroatoms. The number of hydrogen-bond acceptors (Lipinski definition) is 9. The normalized spacial score (nSPS) is 22.2. The molecule has 194 valence electrons. The summed E-state index contributed by atoms with van der Waals surface area (Å²) >= 11 is 3.51. The van der Waals surface area contributed by atoms with Gasteiger partial charge in [0.2, 0.25) is 0 Å². The van der Waals surface area contributed by atoms with E-state index in [1.54, 1.807) is 52.4 Å². The third-order valence-corrected chi connectivity index (χ3v) is 9.36. The second-order valence-electron chi connectivity index (χ2n) is 9.66. The number of carbonyl (C=O) groups excluding carboxylic acids is 1. The summed E-state index contributed by atoms with van der Waals surface area (Å²) in [5, 5.41) is 24.7. The number of thioether (sulfide) groups is 2. The van der Waals surface area contributed by atoms with Gasteiger partial charge < -0.3 is 20.3 Å². The molecule has 1 aromatic carbocycles. The van der Waals surface area contributed by atoms with Crippen LogP contribution < -0.4 is 5.32 Å². The lowest BCUT2D eigenvalue weighted by atomic mass is 10.1. The van der Waals surface area contributed by atoms with Gasteiger partial charge in [-0.2, -0.15) is 0 Å². The van der Waals surface area contributed by atoms with Crippen LogP contribution in [0.25, 0.3) is 11.2 Å². The average molecular weight is 532 g/mol. The van der Waals surface area contributed by atoms with Gasteiger partial charge in [0, 0.05) is 5.56 Å². The van der Waals surface area contributed by atoms with Crippen LogP contribution in [-0.2, 0) is 4.74 Å². The smallest absolute Gasteiger partial charge is 0.256 e. The van der Waals surface area contributed by atoms with Crippen molar-refractivity contribution < 1.29 is 19.7 Å². The van der Waals surface area contributed by atoms with E-state index in [0.29, 0.717) is 28.6 Å². The van der Waals surface area contributed by atoms with Crippen molar-refractivity contribution in [1.29, 1.82) is 0 Å². The van der Waals surface area contributed by atoms with Crippen LogP contribution in [0.15, 0.2) is 43.0 Å². The lowest BCUT2D eigenvalue weighted by Gasteiger charge is -2.26. The Balaban J connectivity index is 1.57. The fourth-order valence-electron chi connectivity index (χ4n) is 3.85. The van der Waals surface area contributed by atoms with E-state index in [4.69, 9.17) is 4.74 Å². The first-order chi connectivity index (χ1) is 17.3. The molecular formula is C25H33N5O4S2. The molecule has 4 rings (SSSR count). The van der Waals surface area contributed by atoms with Crippen LogP contribution in [-0.4, -0.2) is 70.0 Å². The van der Waals surface area contributed by atoms with Crippen LogP contribution >= 0.6 is 23.5 Å². The van der Waals surface area contributed by atoms with E-state index in [1.807, 2.05) is 6.07 Å². The van der Waals surface area contributed by atoms with Crippen LogP contribution in [0.1, 0.15) is 44.3 Å². The van der Waals surface area contributed by atoms with E-state index < -0.39 is 24.5 Å². The zero-order valence-corrected chi connectivity index (χ0v) is 22.4. The zero-order valence-electron chi connectivity index (χ0n) is 20.8. The summed E-state index contributed by atoms with van der Waals surface area (Å²) in [5.41, 5.74) is 1.26. The van der Waals surface area contributed by atoms with Gasteiger partial charge in [-0.3, -0.25) is 9.36 Å². The molecule has 0 spiro atoms. The molecule has 3 aromatic rings. The van der Waals surface area contributed by atoms with E-state index in [9.17, 15) is 15.0 Å². The highest BCUT2D eigenvalue weighted by molar-refractivity contribution is 8.17. The molecule has 1 aliphatic rings. The van der Waals surface area contributed by atoms with Crippen molar-refractivity contribution >= 4 is 46.4 Å². The summed E-state index contributed by atoms with van der Waals surface area (Å²) in [7, 11) is 0. The minimum Gasteiger partial charge on any atom is -0.387 e. The second-order valence-corrected chi connectivity index (χ2v) is 12.3. The Labute approximate surface area is 219 Å². The SMILES string of the molecule is CC(C)CSC(SCC(C)C)[C@H]1O[C@@H](n2cnc3c(NC(=O)c4ccccc4)ncnc32)[C@H](O)[C@@H]1O. The number of amides is 1. The number of carbonyl (C=O) groups is 1. The fraction of sp³-hybridized carbons (Fsp3) is 0.520. The zero-order chi connectivity index (χ0) is 25.8. The first kappa shape index (κ1) is 26.9. The largest absolute Gasteiger partial charge is 0.387 e. The lowest BCUT2D eigenvalue weighted by molar-refractivity contribution is -0.0305. The number of ether oxygens (including phenoxy) is 1. The Morgan fingerprint density at radius 2 is 1.69 bits per heavy atom. The summed E-state index contributed by atoms with van der Waals surface area (Å²) in [4.78, 5) is 25.6. The molecule has 9 nitrogen and oxygen atoms in total. The lowest BCUT2D eigenvalue weighted by Crippen LogP contribution is -2.36. The van der Waals surface area contributed by atoms with E-state index in [1.165, 1.54) is 12.7 Å². The molecule has 0 bridgehead atoms. The van der Waals surface area contributed by atoms with Gasteiger partial charge in [-0.15, -0.1) is 23.5 Å². The first-order valence-electron chi connectivity index (χ1n) is 12.0. The van der Waals surface area contributed by atoms with Crippen LogP contribution in [0.4, 0.5) is 5.82 Å². The van der Waals surface area contributed by atoms with Gasteiger partial charge in [0.25, 0.3) is 5.91 Å². The summed E-state index contributed by atoms with van der Waals surface area (Å²) in [6.07, 6.45) is -0.824. The van der Waals surface area contributed by atoms with E-state index >= 15 is 0 Å². The highest BCUT2D eigenvalue weighted by atomic mass is 32.2. The van der Waals surface area contributed by atoms with Crippen LogP contribution in [0.2, 0.25) is 0 Å². The number of fused-ring (bicyclic) bond motifs is 1. The van der Waals surface area contributed by atoms with Crippen molar-refractivity contribution in [3.63, 3.8) is 0 Å². The Bertz CT molecular complexity index is 1150. The molecule has 4 atom stereocenters. The number of imidazole rings is 1. The molecule has 2 aromatic heterocycles. The topological polar surface area (TPSA) is 122 Å². The standard InChI is InChI=1S/C25H33N5O4S2/c1-14(2)10-35-25(36-11-15(3)4)20-18(31)19(32)24(34-20)30-13-28-17-21(26-12-27-22(17)30)29-23(33)16-8-6-5-7-9-16/h5-9,12-15,18-20,24-25,31-32H,10-11H2,1-4H3,(H,26,27,29,33)/t18-,19+,20-,24+/m0/s1. The number of nitrogens with one attached hydrogen (secondary N) is 1. The number of aliphatic hydroxyl groups is 2. The molecule has 36 heavy (non-hydrogen) atoms. The molecule has 1 fully saturated rings. The number of benzene rings is 1. The number of aromatic nitrogens is 4. The minimum atomic E-state index is -1.16. The predicted octanol–water partition coefficient (Wildman–Crippen LogP) is 3.80. The van der Waals surface area contributed by atoms with Gasteiger partial charge in [-0.05, 0) is 35.5 Å². The molecule has 1 aliphatic heterocycles. The number of nitrogens with zero attached hydrogens (tertiary/aromatic N) is 4. The number of hydrogen-bond donors (Lipinski definition) is 3. The maximum atomic E-state index is 12.6. The van der Waals surface area contributed by atoms with Gasteiger partial charge in [0.1, 0.15) is 24.6 Å². The molecule has 0 saturated carbocycles. The minimum absolute atomic E-state index is 0.0328. The summed E-state index contributed by atoms with van der Waals surface area (Å²) in [6.45, 7) is 8.64. The Morgan fingerprint density at radius 3 is 2.33 bits per heavy atom. The van der Waals surface area contributed by atoms with Crippen LogP contribution in [0.5, 0.6) is 0 Å².